The zero-order chi connectivity index (χ0) is 13.7. The lowest BCUT2D eigenvalue weighted by Gasteiger charge is -2.37. The van der Waals surface area contributed by atoms with E-state index in [1.54, 1.807) is 0 Å². The number of benzene rings is 1. The topological polar surface area (TPSA) is 26.7 Å². The highest BCUT2D eigenvalue weighted by molar-refractivity contribution is 5.55. The van der Waals surface area contributed by atoms with Gasteiger partial charge in [0.15, 0.2) is 0 Å². The van der Waals surface area contributed by atoms with E-state index in [4.69, 9.17) is 0 Å². The van der Waals surface area contributed by atoms with Gasteiger partial charge in [-0.25, -0.2) is 0 Å². The quantitative estimate of drug-likeness (QED) is 0.884. The van der Waals surface area contributed by atoms with Crippen molar-refractivity contribution in [2.24, 2.45) is 0 Å². The lowest BCUT2D eigenvalue weighted by atomic mass is 10.0. The van der Waals surface area contributed by atoms with Gasteiger partial charge >= 0.3 is 0 Å². The third kappa shape index (κ3) is 3.48. The lowest BCUT2D eigenvalue weighted by molar-refractivity contribution is 0.173. The van der Waals surface area contributed by atoms with Crippen molar-refractivity contribution in [1.29, 1.82) is 0 Å². The molecule has 0 spiro atoms. The molecule has 1 aliphatic heterocycles. The highest BCUT2D eigenvalue weighted by Crippen LogP contribution is 2.28. The first kappa shape index (κ1) is 14.4. The Morgan fingerprint density at radius 2 is 1.79 bits per heavy atom. The van der Waals surface area contributed by atoms with E-state index in [0.717, 1.165) is 38.2 Å². The van der Waals surface area contributed by atoms with Gasteiger partial charge in [-0.05, 0) is 25.5 Å². The Bertz CT molecular complexity index is 386. The molecule has 106 valence electrons. The van der Waals surface area contributed by atoms with Crippen LogP contribution in [0.1, 0.15) is 38.4 Å². The predicted molar refractivity (Wildman–Crippen MR) is 80.6 cm³/mol. The van der Waals surface area contributed by atoms with Gasteiger partial charge in [0.1, 0.15) is 0 Å². The summed E-state index contributed by atoms with van der Waals surface area (Å²) in [6.07, 6.45) is 1.66. The van der Waals surface area contributed by atoms with E-state index < -0.39 is 0 Å². The van der Waals surface area contributed by atoms with Gasteiger partial charge in [0.2, 0.25) is 0 Å². The molecule has 0 amide bonds. The minimum Gasteiger partial charge on any atom is -0.388 e. The molecule has 1 fully saturated rings. The normalized spacial score (nSPS) is 18.6. The molecule has 0 unspecified atom stereocenters. The number of hydrogen-bond donors (Lipinski definition) is 1. The number of aliphatic hydroxyl groups excluding tert-OH is 1. The lowest BCUT2D eigenvalue weighted by Crippen LogP contribution is -2.46. The Balaban J connectivity index is 2.07. The monoisotopic (exact) mass is 262 g/mol. The molecular weight excluding hydrogens is 236 g/mol. The number of hydrogen-bond acceptors (Lipinski definition) is 3. The molecule has 1 aromatic rings. The van der Waals surface area contributed by atoms with E-state index in [2.05, 4.69) is 34.9 Å². The molecule has 3 nitrogen and oxygen atoms in total. The molecule has 1 saturated heterocycles. The minimum atomic E-state index is -0.343. The summed E-state index contributed by atoms with van der Waals surface area (Å²) < 4.78 is 0. The van der Waals surface area contributed by atoms with Crippen LogP contribution in [0.2, 0.25) is 0 Å². The van der Waals surface area contributed by atoms with Crippen molar-refractivity contribution in [2.75, 3.05) is 37.6 Å². The standard InChI is InChI=1S/C16H26N2O/c1-3-9-17-10-12-18(13-11-17)15-8-6-5-7-14(15)16(19)4-2/h5-8,16,19H,3-4,9-13H2,1-2H3/t16-/m1/s1. The van der Waals surface area contributed by atoms with Crippen LogP contribution in [0.25, 0.3) is 0 Å². The predicted octanol–water partition coefficient (Wildman–Crippen LogP) is 2.66. The molecule has 3 heteroatoms. The molecule has 0 saturated carbocycles. The average Bonchev–Trinajstić information content (AvgIpc) is 2.47. The van der Waals surface area contributed by atoms with Gasteiger partial charge in [-0.2, -0.15) is 0 Å². The van der Waals surface area contributed by atoms with Crippen LogP contribution in [0.15, 0.2) is 24.3 Å². The Morgan fingerprint density at radius 3 is 2.42 bits per heavy atom. The Labute approximate surface area is 116 Å². The maximum Gasteiger partial charge on any atom is 0.0807 e. The van der Waals surface area contributed by atoms with E-state index in [1.165, 1.54) is 18.7 Å². The number of para-hydroxylation sites is 1. The van der Waals surface area contributed by atoms with E-state index >= 15 is 0 Å². The maximum atomic E-state index is 10.1. The molecule has 0 radical (unpaired) electrons. The molecule has 1 heterocycles. The van der Waals surface area contributed by atoms with Crippen LogP contribution < -0.4 is 4.90 Å². The molecule has 2 rings (SSSR count). The average molecular weight is 262 g/mol. The van der Waals surface area contributed by atoms with Crippen molar-refractivity contribution in [3.63, 3.8) is 0 Å². The third-order valence-electron chi connectivity index (χ3n) is 3.94. The smallest absolute Gasteiger partial charge is 0.0807 e. The molecule has 1 aromatic carbocycles. The summed E-state index contributed by atoms with van der Waals surface area (Å²) in [5.41, 5.74) is 2.29. The Kier molecular flexibility index (Phi) is 5.23. The second kappa shape index (κ2) is 6.92. The minimum absolute atomic E-state index is 0.343. The van der Waals surface area contributed by atoms with Crippen LogP contribution in [-0.2, 0) is 0 Å². The summed E-state index contributed by atoms with van der Waals surface area (Å²) in [5, 5.41) is 10.1. The SMILES string of the molecule is CCCN1CCN(c2ccccc2[C@H](O)CC)CC1. The van der Waals surface area contributed by atoms with Crippen LogP contribution in [0.4, 0.5) is 5.69 Å². The van der Waals surface area contributed by atoms with Crippen molar-refractivity contribution >= 4 is 5.69 Å². The van der Waals surface area contributed by atoms with Gasteiger partial charge in [-0.1, -0.05) is 32.0 Å². The van der Waals surface area contributed by atoms with Crippen LogP contribution in [-0.4, -0.2) is 42.7 Å². The third-order valence-corrected chi connectivity index (χ3v) is 3.94. The fourth-order valence-corrected chi connectivity index (χ4v) is 2.81. The Hall–Kier alpha value is -1.06. The highest BCUT2D eigenvalue weighted by atomic mass is 16.3. The van der Waals surface area contributed by atoms with Gasteiger partial charge in [-0.15, -0.1) is 0 Å². The molecule has 0 bridgehead atoms. The van der Waals surface area contributed by atoms with Crippen molar-refractivity contribution in [3.05, 3.63) is 29.8 Å². The fourth-order valence-electron chi connectivity index (χ4n) is 2.81. The second-order valence-electron chi connectivity index (χ2n) is 5.31. The number of aliphatic hydroxyl groups is 1. The van der Waals surface area contributed by atoms with Gasteiger partial charge < -0.3 is 10.0 Å². The maximum absolute atomic E-state index is 10.1. The first-order valence-electron chi connectivity index (χ1n) is 7.50. The first-order chi connectivity index (χ1) is 9.26. The van der Waals surface area contributed by atoms with Crippen molar-refractivity contribution in [1.82, 2.24) is 4.90 Å². The number of anilines is 1. The van der Waals surface area contributed by atoms with Crippen molar-refractivity contribution in [3.8, 4) is 0 Å². The van der Waals surface area contributed by atoms with Gasteiger partial charge in [0, 0.05) is 37.4 Å². The van der Waals surface area contributed by atoms with Crippen LogP contribution in [0, 0.1) is 0 Å². The second-order valence-corrected chi connectivity index (χ2v) is 5.31. The van der Waals surface area contributed by atoms with E-state index in [0.29, 0.717) is 0 Å². The fraction of sp³-hybridized carbons (Fsp3) is 0.625. The first-order valence-corrected chi connectivity index (χ1v) is 7.50. The molecule has 0 aromatic heterocycles. The summed E-state index contributed by atoms with van der Waals surface area (Å²) in [6.45, 7) is 9.85. The van der Waals surface area contributed by atoms with Gasteiger partial charge in [0.25, 0.3) is 0 Å². The summed E-state index contributed by atoms with van der Waals surface area (Å²) in [4.78, 5) is 4.94. The van der Waals surface area contributed by atoms with Crippen LogP contribution in [0.5, 0.6) is 0 Å². The zero-order valence-electron chi connectivity index (χ0n) is 12.2. The largest absolute Gasteiger partial charge is 0.388 e. The van der Waals surface area contributed by atoms with E-state index in [-0.39, 0.29) is 6.10 Å². The molecule has 19 heavy (non-hydrogen) atoms. The van der Waals surface area contributed by atoms with Crippen molar-refractivity contribution < 1.29 is 5.11 Å². The molecule has 1 N–H and O–H groups in total. The van der Waals surface area contributed by atoms with Crippen LogP contribution in [0.3, 0.4) is 0 Å². The summed E-state index contributed by atoms with van der Waals surface area (Å²) >= 11 is 0. The van der Waals surface area contributed by atoms with Gasteiger partial charge in [-0.3, -0.25) is 4.90 Å². The van der Waals surface area contributed by atoms with Crippen LogP contribution >= 0.6 is 0 Å². The summed E-state index contributed by atoms with van der Waals surface area (Å²) in [6, 6.07) is 8.29. The zero-order valence-corrected chi connectivity index (χ0v) is 12.2. The van der Waals surface area contributed by atoms with Crippen molar-refractivity contribution in [2.45, 2.75) is 32.8 Å². The van der Waals surface area contributed by atoms with E-state index in [1.807, 2.05) is 13.0 Å². The highest BCUT2D eigenvalue weighted by Gasteiger charge is 2.20. The molecular formula is C16H26N2O. The molecule has 1 aliphatic rings. The molecule has 1 atom stereocenters. The van der Waals surface area contributed by atoms with E-state index in [9.17, 15) is 5.11 Å². The number of rotatable bonds is 5. The number of piperazine rings is 1. The van der Waals surface area contributed by atoms with Gasteiger partial charge in [0.05, 0.1) is 6.10 Å². The molecule has 0 aliphatic carbocycles. The summed E-state index contributed by atoms with van der Waals surface area (Å²) in [5.74, 6) is 0. The Morgan fingerprint density at radius 1 is 1.11 bits per heavy atom. The number of nitrogens with zero attached hydrogens (tertiary/aromatic N) is 2. The summed E-state index contributed by atoms with van der Waals surface area (Å²) in [7, 11) is 0.